The molecule has 4 rings (SSSR count). The minimum atomic E-state index is -0.0188. The number of phenolic OH excluding ortho intramolecular Hbond substituents is 1. The Balaban J connectivity index is 1.90. The maximum absolute atomic E-state index is 10.5. The van der Waals surface area contributed by atoms with E-state index in [0.29, 0.717) is 39.3 Å². The van der Waals surface area contributed by atoms with Crippen LogP contribution in [0.1, 0.15) is 11.1 Å². The van der Waals surface area contributed by atoms with E-state index in [1.54, 1.807) is 24.3 Å². The molecule has 0 spiro atoms. The largest absolute Gasteiger partial charge is 0.504 e. The fourth-order valence-electron chi connectivity index (χ4n) is 3.09. The molecule has 0 bridgehead atoms. The van der Waals surface area contributed by atoms with E-state index in [1.807, 2.05) is 44.2 Å². The molecule has 3 aromatic carbocycles. The number of fused-ring (bicyclic) bond motifs is 1. The summed E-state index contributed by atoms with van der Waals surface area (Å²) < 4.78 is 11.4. The van der Waals surface area contributed by atoms with Crippen molar-refractivity contribution >= 4 is 22.5 Å². The number of aromatic hydroxyl groups is 1. The molecule has 0 aliphatic rings. The van der Waals surface area contributed by atoms with Crippen LogP contribution < -0.4 is 9.47 Å². The Morgan fingerprint density at radius 1 is 0.862 bits per heavy atom. The van der Waals surface area contributed by atoms with Gasteiger partial charge < -0.3 is 14.6 Å². The summed E-state index contributed by atoms with van der Waals surface area (Å²) in [5.74, 6) is 1.74. The number of halogens is 1. The average molecular weight is 407 g/mol. The molecule has 6 heteroatoms. The van der Waals surface area contributed by atoms with Crippen molar-refractivity contribution in [3.63, 3.8) is 0 Å². The lowest BCUT2D eigenvalue weighted by atomic mass is 10.1. The number of aromatic nitrogens is 2. The van der Waals surface area contributed by atoms with Crippen molar-refractivity contribution in [1.82, 2.24) is 9.97 Å². The Morgan fingerprint density at radius 2 is 1.66 bits per heavy atom. The zero-order chi connectivity index (χ0) is 20.5. The molecule has 1 heterocycles. The Kier molecular flexibility index (Phi) is 4.99. The third kappa shape index (κ3) is 3.45. The van der Waals surface area contributed by atoms with Crippen LogP contribution in [0.2, 0.25) is 5.02 Å². The van der Waals surface area contributed by atoms with Crippen molar-refractivity contribution in [3.05, 3.63) is 70.7 Å². The van der Waals surface area contributed by atoms with E-state index >= 15 is 0 Å². The molecular formula is C23H19ClN2O3. The van der Waals surface area contributed by atoms with Gasteiger partial charge in [0.2, 0.25) is 5.88 Å². The van der Waals surface area contributed by atoms with Crippen molar-refractivity contribution in [2.75, 3.05) is 7.11 Å². The summed E-state index contributed by atoms with van der Waals surface area (Å²) in [7, 11) is 1.50. The molecule has 0 saturated carbocycles. The van der Waals surface area contributed by atoms with Gasteiger partial charge in [-0.2, -0.15) is 4.98 Å². The summed E-state index contributed by atoms with van der Waals surface area (Å²) in [6.07, 6.45) is 0. The first-order valence-electron chi connectivity index (χ1n) is 9.06. The van der Waals surface area contributed by atoms with Gasteiger partial charge in [0.15, 0.2) is 17.3 Å². The lowest BCUT2D eigenvalue weighted by Gasteiger charge is -2.14. The van der Waals surface area contributed by atoms with Crippen LogP contribution in [-0.2, 0) is 0 Å². The van der Waals surface area contributed by atoms with E-state index in [0.717, 1.165) is 16.5 Å². The third-order valence-corrected chi connectivity index (χ3v) is 5.32. The first-order chi connectivity index (χ1) is 14.0. The number of hydrogen-bond acceptors (Lipinski definition) is 5. The van der Waals surface area contributed by atoms with Gasteiger partial charge in [-0.3, -0.25) is 0 Å². The molecular weight excluding hydrogens is 388 g/mol. The second-order valence-corrected chi connectivity index (χ2v) is 7.03. The molecule has 29 heavy (non-hydrogen) atoms. The molecule has 1 aromatic heterocycles. The topological polar surface area (TPSA) is 64.5 Å². The highest BCUT2D eigenvalue weighted by Gasteiger charge is 2.17. The van der Waals surface area contributed by atoms with Crippen LogP contribution in [0.5, 0.6) is 23.1 Å². The maximum Gasteiger partial charge on any atom is 0.230 e. The van der Waals surface area contributed by atoms with E-state index in [4.69, 9.17) is 21.1 Å². The number of hydrogen-bond donors (Lipinski definition) is 1. The summed E-state index contributed by atoms with van der Waals surface area (Å²) in [6.45, 7) is 3.90. The molecule has 4 aromatic rings. The predicted octanol–water partition coefficient (Wildman–Crippen LogP) is 6.07. The molecule has 0 saturated heterocycles. The summed E-state index contributed by atoms with van der Waals surface area (Å²) in [5.41, 5.74) is 3.06. The van der Waals surface area contributed by atoms with Crippen LogP contribution >= 0.6 is 11.6 Å². The smallest absolute Gasteiger partial charge is 0.230 e. The summed E-state index contributed by atoms with van der Waals surface area (Å²) in [6, 6.07) is 16.4. The van der Waals surface area contributed by atoms with Crippen LogP contribution in [0.4, 0.5) is 0 Å². The van der Waals surface area contributed by atoms with Crippen molar-refractivity contribution in [2.45, 2.75) is 13.8 Å². The predicted molar refractivity (Wildman–Crippen MR) is 114 cm³/mol. The highest BCUT2D eigenvalue weighted by molar-refractivity contribution is 6.31. The van der Waals surface area contributed by atoms with Gasteiger partial charge in [0.25, 0.3) is 0 Å². The van der Waals surface area contributed by atoms with Crippen molar-refractivity contribution in [1.29, 1.82) is 0 Å². The highest BCUT2D eigenvalue weighted by Crippen LogP contribution is 2.38. The van der Waals surface area contributed by atoms with Gasteiger partial charge >= 0.3 is 0 Å². The lowest BCUT2D eigenvalue weighted by molar-refractivity contribution is 0.374. The number of rotatable bonds is 4. The highest BCUT2D eigenvalue weighted by atomic mass is 35.5. The molecule has 0 unspecified atom stereocenters. The summed E-state index contributed by atoms with van der Waals surface area (Å²) in [4.78, 5) is 9.22. The van der Waals surface area contributed by atoms with Crippen molar-refractivity contribution in [2.24, 2.45) is 0 Å². The van der Waals surface area contributed by atoms with Gasteiger partial charge in [0.1, 0.15) is 5.75 Å². The molecule has 146 valence electrons. The second kappa shape index (κ2) is 7.60. The quantitative estimate of drug-likeness (QED) is 0.445. The summed E-state index contributed by atoms with van der Waals surface area (Å²) in [5, 5.41) is 12.0. The molecule has 0 fully saturated rings. The number of ether oxygens (including phenoxy) is 2. The second-order valence-electron chi connectivity index (χ2n) is 6.62. The average Bonchev–Trinajstić information content (AvgIpc) is 2.74. The van der Waals surface area contributed by atoms with Gasteiger partial charge in [-0.1, -0.05) is 29.8 Å². The standard InChI is InChI=1S/C23H19ClN2O3/c1-13-14(2)19(12-11-17(13)24)29-23-15-7-4-5-9-18(15)25-22(26-23)16-8-6-10-20(28-3)21(16)27/h4-12,27H,1-3H3. The Hall–Kier alpha value is -3.31. The van der Waals surface area contributed by atoms with Crippen molar-refractivity contribution in [3.8, 4) is 34.5 Å². The van der Waals surface area contributed by atoms with Gasteiger partial charge in [-0.05, 0) is 61.4 Å². The third-order valence-electron chi connectivity index (χ3n) is 4.91. The van der Waals surface area contributed by atoms with Crippen LogP contribution in [0.15, 0.2) is 54.6 Å². The van der Waals surface area contributed by atoms with Gasteiger partial charge in [-0.15, -0.1) is 0 Å². The number of benzene rings is 3. The van der Waals surface area contributed by atoms with E-state index in [2.05, 4.69) is 9.97 Å². The van der Waals surface area contributed by atoms with Crippen LogP contribution in [-0.4, -0.2) is 22.2 Å². The van der Waals surface area contributed by atoms with E-state index < -0.39 is 0 Å². The number of methoxy groups -OCH3 is 1. The minimum absolute atomic E-state index is 0.0188. The van der Waals surface area contributed by atoms with E-state index in [9.17, 15) is 5.11 Å². The SMILES string of the molecule is COc1cccc(-c2nc(Oc3ccc(Cl)c(C)c3C)c3ccccc3n2)c1O. The molecule has 0 amide bonds. The molecule has 0 aliphatic carbocycles. The van der Waals surface area contributed by atoms with Crippen LogP contribution in [0.3, 0.4) is 0 Å². The Labute approximate surface area is 173 Å². The van der Waals surface area contributed by atoms with Crippen LogP contribution in [0, 0.1) is 13.8 Å². The molecule has 1 N–H and O–H groups in total. The van der Waals surface area contributed by atoms with Gasteiger partial charge in [0, 0.05) is 5.02 Å². The first-order valence-corrected chi connectivity index (χ1v) is 9.44. The van der Waals surface area contributed by atoms with E-state index in [1.165, 1.54) is 7.11 Å². The number of phenols is 1. The summed E-state index contributed by atoms with van der Waals surface area (Å²) >= 11 is 6.21. The minimum Gasteiger partial charge on any atom is -0.504 e. The zero-order valence-corrected chi connectivity index (χ0v) is 17.0. The fraction of sp³-hybridized carbons (Fsp3) is 0.130. The molecule has 5 nitrogen and oxygen atoms in total. The van der Waals surface area contributed by atoms with E-state index in [-0.39, 0.29) is 5.75 Å². The normalized spacial score (nSPS) is 10.9. The maximum atomic E-state index is 10.5. The first kappa shape index (κ1) is 19.0. The van der Waals surface area contributed by atoms with Crippen LogP contribution in [0.25, 0.3) is 22.3 Å². The van der Waals surface area contributed by atoms with Gasteiger partial charge in [0.05, 0.1) is 23.6 Å². The monoisotopic (exact) mass is 406 g/mol. The number of nitrogens with zero attached hydrogens (tertiary/aromatic N) is 2. The Bertz CT molecular complexity index is 1220. The molecule has 0 aliphatic heterocycles. The lowest BCUT2D eigenvalue weighted by Crippen LogP contribution is -1.98. The zero-order valence-electron chi connectivity index (χ0n) is 16.2. The van der Waals surface area contributed by atoms with Crippen molar-refractivity contribution < 1.29 is 14.6 Å². The molecule has 0 radical (unpaired) electrons. The fourth-order valence-corrected chi connectivity index (χ4v) is 3.30. The number of para-hydroxylation sites is 2. The van der Waals surface area contributed by atoms with Gasteiger partial charge in [-0.25, -0.2) is 4.98 Å². The Morgan fingerprint density at radius 3 is 2.45 bits per heavy atom. The molecule has 0 atom stereocenters.